The van der Waals surface area contributed by atoms with Crippen LogP contribution in [-0.2, 0) is 0 Å². The van der Waals surface area contributed by atoms with Gasteiger partial charge in [-0.1, -0.05) is 32.2 Å². The highest BCUT2D eigenvalue weighted by Crippen LogP contribution is 2.07. The lowest BCUT2D eigenvalue weighted by atomic mass is 9.72. The maximum absolute atomic E-state index is 2.28. The van der Waals surface area contributed by atoms with E-state index in [1.54, 1.807) is 0 Å². The van der Waals surface area contributed by atoms with Crippen molar-refractivity contribution in [2.45, 2.75) is 33.4 Å². The number of hydrogen-bond acceptors (Lipinski definition) is 0. The Hall–Kier alpha value is -0.195. The molecule has 0 N–H and O–H groups in total. The average Bonchev–Trinajstić information content (AvgIpc) is 1.85. The Morgan fingerprint density at radius 1 is 1.56 bits per heavy atom. The van der Waals surface area contributed by atoms with Crippen molar-refractivity contribution in [3.63, 3.8) is 0 Å². The van der Waals surface area contributed by atoms with E-state index in [-0.39, 0.29) is 0 Å². The molecule has 0 aromatic heterocycles. The fourth-order valence-corrected chi connectivity index (χ4v) is 0.867. The van der Waals surface area contributed by atoms with Crippen LogP contribution in [0.2, 0.25) is 13.1 Å². The van der Waals surface area contributed by atoms with Crippen LogP contribution in [0.5, 0.6) is 0 Å². The van der Waals surface area contributed by atoms with Crippen molar-refractivity contribution in [2.24, 2.45) is 5.92 Å². The van der Waals surface area contributed by atoms with Crippen molar-refractivity contribution in [3.05, 3.63) is 12.2 Å². The second-order valence-electron chi connectivity index (χ2n) is 2.55. The molecule has 0 aromatic carbocycles. The highest BCUT2D eigenvalue weighted by atomic mass is 13.9. The van der Waals surface area contributed by atoms with Crippen LogP contribution in [0.25, 0.3) is 0 Å². The van der Waals surface area contributed by atoms with Gasteiger partial charge in [0.25, 0.3) is 0 Å². The van der Waals surface area contributed by atoms with Crippen molar-refractivity contribution in [1.82, 2.24) is 0 Å². The van der Waals surface area contributed by atoms with Gasteiger partial charge in [0.05, 0.1) is 0 Å². The molecule has 0 rings (SSSR count). The maximum Gasteiger partial charge on any atom is 0.106 e. The minimum atomic E-state index is 0.825. The van der Waals surface area contributed by atoms with Crippen LogP contribution < -0.4 is 0 Å². The number of rotatable bonds is 4. The SMILES string of the molecule is C[B]CC(C)CC=CC. The first-order valence-corrected chi connectivity index (χ1v) is 3.70. The summed E-state index contributed by atoms with van der Waals surface area (Å²) in [6.45, 7) is 6.47. The summed E-state index contributed by atoms with van der Waals surface area (Å²) in [6.07, 6.45) is 6.81. The Morgan fingerprint density at radius 3 is 2.67 bits per heavy atom. The Morgan fingerprint density at radius 2 is 2.22 bits per heavy atom. The molecule has 0 nitrogen and oxygen atoms in total. The van der Waals surface area contributed by atoms with Crippen molar-refractivity contribution in [2.75, 3.05) is 0 Å². The summed E-state index contributed by atoms with van der Waals surface area (Å²) in [4.78, 5) is 0. The molecule has 0 fully saturated rings. The van der Waals surface area contributed by atoms with Gasteiger partial charge in [0.2, 0.25) is 0 Å². The van der Waals surface area contributed by atoms with Crippen LogP contribution in [0.15, 0.2) is 12.2 Å². The second-order valence-corrected chi connectivity index (χ2v) is 2.55. The van der Waals surface area contributed by atoms with Gasteiger partial charge in [-0.2, -0.15) is 0 Å². The molecule has 0 aliphatic heterocycles. The fourth-order valence-electron chi connectivity index (χ4n) is 0.867. The minimum absolute atomic E-state index is 0.825. The summed E-state index contributed by atoms with van der Waals surface area (Å²) in [6, 6.07) is 0. The quantitative estimate of drug-likeness (QED) is 0.398. The lowest BCUT2D eigenvalue weighted by Crippen LogP contribution is -1.94. The molecule has 0 aliphatic rings. The molecule has 9 heavy (non-hydrogen) atoms. The highest BCUT2D eigenvalue weighted by molar-refractivity contribution is 6.33. The molecule has 0 aromatic rings. The molecule has 0 amide bonds. The first-order valence-electron chi connectivity index (χ1n) is 3.70. The Kier molecular flexibility index (Phi) is 5.80. The molecular formula is C8H16B. The van der Waals surface area contributed by atoms with Crippen LogP contribution in [0.1, 0.15) is 20.3 Å². The van der Waals surface area contributed by atoms with E-state index < -0.39 is 0 Å². The predicted octanol–water partition coefficient (Wildman–Crippen LogP) is 2.76. The molecule has 1 atom stereocenters. The van der Waals surface area contributed by atoms with Crippen molar-refractivity contribution < 1.29 is 0 Å². The topological polar surface area (TPSA) is 0 Å². The van der Waals surface area contributed by atoms with E-state index in [4.69, 9.17) is 0 Å². The number of hydrogen-bond donors (Lipinski definition) is 0. The molecule has 0 aliphatic carbocycles. The predicted molar refractivity (Wildman–Crippen MR) is 45.0 cm³/mol. The molecule has 1 heteroatoms. The molecule has 51 valence electrons. The first kappa shape index (κ1) is 8.80. The zero-order chi connectivity index (χ0) is 7.11. The van der Waals surface area contributed by atoms with E-state index in [9.17, 15) is 0 Å². The van der Waals surface area contributed by atoms with E-state index in [1.807, 2.05) is 0 Å². The smallest absolute Gasteiger partial charge is 0.0920 e. The zero-order valence-electron chi connectivity index (χ0n) is 6.72. The molecule has 0 bridgehead atoms. The summed E-state index contributed by atoms with van der Waals surface area (Å²) >= 11 is 0. The van der Waals surface area contributed by atoms with E-state index in [0.717, 1.165) is 5.92 Å². The van der Waals surface area contributed by atoms with Gasteiger partial charge >= 0.3 is 0 Å². The Labute approximate surface area is 59.6 Å². The lowest BCUT2D eigenvalue weighted by molar-refractivity contribution is 0.659. The molecular weight excluding hydrogens is 107 g/mol. The third kappa shape index (κ3) is 5.68. The summed E-state index contributed by atoms with van der Waals surface area (Å²) in [5.74, 6) is 0.825. The maximum atomic E-state index is 2.28. The summed E-state index contributed by atoms with van der Waals surface area (Å²) in [7, 11) is 2.23. The van der Waals surface area contributed by atoms with Crippen molar-refractivity contribution >= 4 is 7.28 Å². The first-order chi connectivity index (χ1) is 4.31. The minimum Gasteiger partial charge on any atom is -0.0920 e. The van der Waals surface area contributed by atoms with Crippen LogP contribution >= 0.6 is 0 Å². The normalized spacial score (nSPS) is 14.1. The van der Waals surface area contributed by atoms with E-state index in [1.165, 1.54) is 12.7 Å². The lowest BCUT2D eigenvalue weighted by Gasteiger charge is -2.03. The van der Waals surface area contributed by atoms with E-state index in [2.05, 4.69) is 40.1 Å². The Balaban J connectivity index is 3.15. The largest absolute Gasteiger partial charge is 0.106 e. The molecule has 0 heterocycles. The van der Waals surface area contributed by atoms with Crippen molar-refractivity contribution in [1.29, 1.82) is 0 Å². The zero-order valence-corrected chi connectivity index (χ0v) is 6.72. The molecule has 0 spiro atoms. The van der Waals surface area contributed by atoms with Gasteiger partial charge in [0.15, 0.2) is 0 Å². The van der Waals surface area contributed by atoms with Crippen LogP contribution in [0.4, 0.5) is 0 Å². The third-order valence-electron chi connectivity index (χ3n) is 1.41. The molecule has 0 saturated carbocycles. The van der Waals surface area contributed by atoms with Gasteiger partial charge < -0.3 is 0 Å². The summed E-state index contributed by atoms with van der Waals surface area (Å²) in [5.41, 5.74) is 0. The second kappa shape index (κ2) is 5.93. The molecule has 1 radical (unpaired) electrons. The van der Waals surface area contributed by atoms with Gasteiger partial charge in [0, 0.05) is 0 Å². The van der Waals surface area contributed by atoms with Crippen LogP contribution in [-0.4, -0.2) is 7.28 Å². The van der Waals surface area contributed by atoms with E-state index >= 15 is 0 Å². The molecule has 1 unspecified atom stereocenters. The Bertz CT molecular complexity index is 76.6. The van der Waals surface area contributed by atoms with Gasteiger partial charge in [-0.05, 0) is 19.3 Å². The molecule has 0 saturated heterocycles. The van der Waals surface area contributed by atoms with Crippen molar-refractivity contribution in [3.8, 4) is 0 Å². The highest BCUT2D eigenvalue weighted by Gasteiger charge is 1.95. The average molecular weight is 123 g/mol. The summed E-state index contributed by atoms with van der Waals surface area (Å²) < 4.78 is 0. The third-order valence-corrected chi connectivity index (χ3v) is 1.41. The van der Waals surface area contributed by atoms with Gasteiger partial charge in [-0.3, -0.25) is 0 Å². The van der Waals surface area contributed by atoms with Gasteiger partial charge in [-0.15, -0.1) is 0 Å². The standard InChI is InChI=1S/C8H16B/c1-4-5-6-8(2)7-9-3/h4-5,8H,6-7H2,1-3H3. The van der Waals surface area contributed by atoms with Gasteiger partial charge in [-0.25, -0.2) is 0 Å². The number of allylic oxidation sites excluding steroid dienone is 2. The van der Waals surface area contributed by atoms with Crippen LogP contribution in [0, 0.1) is 5.92 Å². The van der Waals surface area contributed by atoms with Crippen LogP contribution in [0.3, 0.4) is 0 Å². The summed E-state index contributed by atoms with van der Waals surface area (Å²) in [5, 5.41) is 0. The van der Waals surface area contributed by atoms with E-state index in [0.29, 0.717) is 0 Å². The van der Waals surface area contributed by atoms with Gasteiger partial charge in [0.1, 0.15) is 7.28 Å². The monoisotopic (exact) mass is 123 g/mol. The fraction of sp³-hybridized carbons (Fsp3) is 0.750.